The lowest BCUT2D eigenvalue weighted by atomic mass is 9.93. The Balaban J connectivity index is 1.88. The van der Waals surface area contributed by atoms with Crippen LogP contribution in [0.4, 0.5) is 0 Å². The first-order chi connectivity index (χ1) is 11.8. The summed E-state index contributed by atoms with van der Waals surface area (Å²) in [5, 5.41) is 12.8. The number of aryl methyl sites for hydroxylation is 1. The van der Waals surface area contributed by atoms with Gasteiger partial charge in [-0.15, -0.1) is 0 Å². The number of carbonyl (C=O) groups is 2. The molecule has 0 unspecified atom stereocenters. The van der Waals surface area contributed by atoms with Crippen molar-refractivity contribution in [2.45, 2.75) is 45.3 Å². The zero-order valence-electron chi connectivity index (χ0n) is 14.8. The van der Waals surface area contributed by atoms with Crippen LogP contribution in [0.5, 0.6) is 0 Å². The average Bonchev–Trinajstić information content (AvgIpc) is 3.38. The second kappa shape index (κ2) is 6.45. The van der Waals surface area contributed by atoms with E-state index in [-0.39, 0.29) is 11.7 Å². The molecule has 2 aromatic carbocycles. The number of Topliss-reactive ketones (excluding diaryl/α,β-unsaturated/α-hetero) is 1. The van der Waals surface area contributed by atoms with Gasteiger partial charge in [-0.25, -0.2) is 0 Å². The molecule has 3 rings (SSSR count). The summed E-state index contributed by atoms with van der Waals surface area (Å²) >= 11 is 0. The van der Waals surface area contributed by atoms with E-state index < -0.39 is 5.60 Å². The second-order valence-corrected chi connectivity index (χ2v) is 7.24. The van der Waals surface area contributed by atoms with Crippen molar-refractivity contribution in [2.75, 3.05) is 0 Å². The minimum atomic E-state index is -1.39. The lowest BCUT2D eigenvalue weighted by molar-refractivity contribution is 0.0488. The second-order valence-electron chi connectivity index (χ2n) is 7.24. The Bertz CT molecular complexity index is 812. The summed E-state index contributed by atoms with van der Waals surface area (Å²) in [4.78, 5) is 24.4. The molecular formula is C21H23NO3. The molecule has 0 aromatic heterocycles. The van der Waals surface area contributed by atoms with Crippen LogP contribution in [0, 0.1) is 6.92 Å². The monoisotopic (exact) mass is 337 g/mol. The highest BCUT2D eigenvalue weighted by atomic mass is 16.3. The number of carbonyl (C=O) groups excluding carboxylic acids is 2. The molecule has 25 heavy (non-hydrogen) atoms. The fourth-order valence-electron chi connectivity index (χ4n) is 2.73. The summed E-state index contributed by atoms with van der Waals surface area (Å²) in [6, 6.07) is 13.1. The molecule has 4 heteroatoms. The van der Waals surface area contributed by atoms with Crippen molar-refractivity contribution in [3.05, 3.63) is 59.2 Å². The molecule has 1 fully saturated rings. The molecule has 0 heterocycles. The first-order valence-electron chi connectivity index (χ1n) is 8.55. The SMILES string of the molecule is Cc1ccc(C(=O)NC2CC2)cc1-c1ccc(C(=O)C(C)(C)O)cc1. The molecule has 2 N–H and O–H groups in total. The van der Waals surface area contributed by atoms with Gasteiger partial charge in [0.05, 0.1) is 0 Å². The van der Waals surface area contributed by atoms with Crippen molar-refractivity contribution in [2.24, 2.45) is 0 Å². The molecule has 1 amide bonds. The fraction of sp³-hybridized carbons (Fsp3) is 0.333. The van der Waals surface area contributed by atoms with Gasteiger partial charge in [-0.3, -0.25) is 9.59 Å². The molecule has 1 aliphatic carbocycles. The van der Waals surface area contributed by atoms with E-state index in [1.54, 1.807) is 12.1 Å². The summed E-state index contributed by atoms with van der Waals surface area (Å²) in [6.07, 6.45) is 2.11. The Hall–Kier alpha value is -2.46. The third kappa shape index (κ3) is 3.97. The third-order valence-corrected chi connectivity index (χ3v) is 4.43. The van der Waals surface area contributed by atoms with Crippen LogP contribution in [0.15, 0.2) is 42.5 Å². The molecule has 0 bridgehead atoms. The maximum absolute atomic E-state index is 12.3. The smallest absolute Gasteiger partial charge is 0.251 e. The summed E-state index contributed by atoms with van der Waals surface area (Å²) in [5.41, 5.74) is 2.68. The molecule has 1 aliphatic rings. The lowest BCUT2D eigenvalue weighted by Gasteiger charge is -2.16. The molecule has 4 nitrogen and oxygen atoms in total. The molecule has 0 spiro atoms. The van der Waals surface area contributed by atoms with Gasteiger partial charge in [0.2, 0.25) is 0 Å². The van der Waals surface area contributed by atoms with Crippen molar-refractivity contribution in [3.63, 3.8) is 0 Å². The van der Waals surface area contributed by atoms with Crippen LogP contribution in [0.3, 0.4) is 0 Å². The van der Waals surface area contributed by atoms with Crippen LogP contribution in [0.25, 0.3) is 11.1 Å². The number of aliphatic hydroxyl groups is 1. The highest BCUT2D eigenvalue weighted by Crippen LogP contribution is 2.27. The van der Waals surface area contributed by atoms with Gasteiger partial charge in [0.1, 0.15) is 5.60 Å². The van der Waals surface area contributed by atoms with Crippen molar-refractivity contribution < 1.29 is 14.7 Å². The van der Waals surface area contributed by atoms with Gasteiger partial charge in [-0.05, 0) is 62.4 Å². The van der Waals surface area contributed by atoms with Gasteiger partial charge in [0.15, 0.2) is 5.78 Å². The first kappa shape index (κ1) is 17.4. The van der Waals surface area contributed by atoms with Gasteiger partial charge >= 0.3 is 0 Å². The van der Waals surface area contributed by atoms with Crippen molar-refractivity contribution in [3.8, 4) is 11.1 Å². The zero-order chi connectivity index (χ0) is 18.2. The molecule has 0 saturated heterocycles. The number of benzene rings is 2. The number of amides is 1. The molecule has 0 radical (unpaired) electrons. The molecule has 1 saturated carbocycles. The quantitative estimate of drug-likeness (QED) is 0.821. The standard InChI is InChI=1S/C21H23NO3/c1-13-4-5-16(20(24)22-17-10-11-17)12-18(13)14-6-8-15(9-7-14)19(23)21(2,3)25/h4-9,12,17,25H,10-11H2,1-3H3,(H,22,24). The van der Waals surface area contributed by atoms with Crippen molar-refractivity contribution in [1.82, 2.24) is 5.32 Å². The summed E-state index contributed by atoms with van der Waals surface area (Å²) in [7, 11) is 0. The fourth-order valence-corrected chi connectivity index (χ4v) is 2.73. The lowest BCUT2D eigenvalue weighted by Crippen LogP contribution is -2.30. The Morgan fingerprint density at radius 1 is 1.04 bits per heavy atom. The minimum Gasteiger partial charge on any atom is -0.382 e. The highest BCUT2D eigenvalue weighted by Gasteiger charge is 2.25. The number of hydrogen-bond donors (Lipinski definition) is 2. The van der Waals surface area contributed by atoms with E-state index in [9.17, 15) is 14.7 Å². The minimum absolute atomic E-state index is 0.0439. The maximum Gasteiger partial charge on any atom is 0.251 e. The van der Waals surface area contributed by atoms with E-state index in [0.717, 1.165) is 29.5 Å². The predicted octanol–water partition coefficient (Wildman–Crippen LogP) is 3.51. The van der Waals surface area contributed by atoms with E-state index in [4.69, 9.17) is 0 Å². The number of hydrogen-bond acceptors (Lipinski definition) is 3. The van der Waals surface area contributed by atoms with E-state index in [1.807, 2.05) is 37.3 Å². The molecule has 2 aromatic rings. The molecule has 0 atom stereocenters. The van der Waals surface area contributed by atoms with Gasteiger partial charge in [-0.1, -0.05) is 30.3 Å². The summed E-state index contributed by atoms with van der Waals surface area (Å²) in [5.74, 6) is -0.356. The Morgan fingerprint density at radius 3 is 2.20 bits per heavy atom. The predicted molar refractivity (Wildman–Crippen MR) is 97.7 cm³/mol. The molecular weight excluding hydrogens is 314 g/mol. The third-order valence-electron chi connectivity index (χ3n) is 4.43. The Morgan fingerprint density at radius 2 is 1.64 bits per heavy atom. The van der Waals surface area contributed by atoms with E-state index in [1.165, 1.54) is 13.8 Å². The van der Waals surface area contributed by atoms with Gasteiger partial charge < -0.3 is 10.4 Å². The highest BCUT2D eigenvalue weighted by molar-refractivity contribution is 6.02. The molecule has 130 valence electrons. The summed E-state index contributed by atoms with van der Waals surface area (Å²) < 4.78 is 0. The normalized spacial score (nSPS) is 14.2. The van der Waals surface area contributed by atoms with E-state index >= 15 is 0 Å². The summed E-state index contributed by atoms with van der Waals surface area (Å²) in [6.45, 7) is 4.96. The zero-order valence-corrected chi connectivity index (χ0v) is 14.8. The van der Waals surface area contributed by atoms with Crippen LogP contribution >= 0.6 is 0 Å². The molecule has 0 aliphatic heterocycles. The number of nitrogens with one attached hydrogen (secondary N) is 1. The Kier molecular flexibility index (Phi) is 4.48. The van der Waals surface area contributed by atoms with Gasteiger partial charge in [0.25, 0.3) is 5.91 Å². The van der Waals surface area contributed by atoms with Crippen LogP contribution in [-0.4, -0.2) is 28.4 Å². The number of rotatable bonds is 5. The van der Waals surface area contributed by atoms with Crippen LogP contribution < -0.4 is 5.32 Å². The average molecular weight is 337 g/mol. The van der Waals surface area contributed by atoms with Crippen molar-refractivity contribution >= 4 is 11.7 Å². The van der Waals surface area contributed by atoms with Crippen molar-refractivity contribution in [1.29, 1.82) is 0 Å². The Labute approximate surface area is 147 Å². The number of ketones is 1. The van der Waals surface area contributed by atoms with Gasteiger partial charge in [0, 0.05) is 17.2 Å². The largest absolute Gasteiger partial charge is 0.382 e. The van der Waals surface area contributed by atoms with Gasteiger partial charge in [-0.2, -0.15) is 0 Å². The maximum atomic E-state index is 12.3. The van der Waals surface area contributed by atoms with Crippen LogP contribution in [0.1, 0.15) is 53.0 Å². The van der Waals surface area contributed by atoms with Crippen LogP contribution in [0.2, 0.25) is 0 Å². The van der Waals surface area contributed by atoms with Crippen LogP contribution in [-0.2, 0) is 0 Å². The van der Waals surface area contributed by atoms with E-state index in [0.29, 0.717) is 17.2 Å². The first-order valence-corrected chi connectivity index (χ1v) is 8.55. The van der Waals surface area contributed by atoms with E-state index in [2.05, 4.69) is 5.32 Å². The topological polar surface area (TPSA) is 66.4 Å².